The molecule has 1 aliphatic rings. The van der Waals surface area contributed by atoms with E-state index in [-0.39, 0.29) is 21.8 Å². The van der Waals surface area contributed by atoms with Gasteiger partial charge in [0.25, 0.3) is 15.9 Å². The van der Waals surface area contributed by atoms with E-state index in [0.717, 1.165) is 22.9 Å². The van der Waals surface area contributed by atoms with E-state index >= 15 is 0 Å². The Balaban J connectivity index is 1.59. The number of amides is 1. The average molecular weight is 519 g/mol. The number of carbonyl (C=O) groups excluding carboxylic acids is 1. The Hall–Kier alpha value is -3.92. The lowest BCUT2D eigenvalue weighted by molar-refractivity contribution is 0.0981. The summed E-state index contributed by atoms with van der Waals surface area (Å²) in [5, 5.41) is 1.08. The predicted molar refractivity (Wildman–Crippen MR) is 145 cm³/mol. The summed E-state index contributed by atoms with van der Waals surface area (Å²) in [4.78, 5) is 24.0. The molecule has 0 radical (unpaired) electrons. The SMILES string of the molecule is CC1CCN(c2nc(-c3ccc4c(ccn4C)c3)ccc2C(=O)NS(=O)(=O)c2cccnc2N)C1(C)C. The zero-order chi connectivity index (χ0) is 26.5. The number of pyridine rings is 2. The minimum absolute atomic E-state index is 0.178. The van der Waals surface area contributed by atoms with Crippen LogP contribution in [0.15, 0.2) is 65.8 Å². The fourth-order valence-corrected chi connectivity index (χ4v) is 5.95. The van der Waals surface area contributed by atoms with Gasteiger partial charge in [-0.1, -0.05) is 13.0 Å². The molecule has 4 aromatic rings. The van der Waals surface area contributed by atoms with Crippen LogP contribution in [0.25, 0.3) is 22.2 Å². The van der Waals surface area contributed by atoms with Crippen molar-refractivity contribution in [1.29, 1.82) is 0 Å². The van der Waals surface area contributed by atoms with Crippen molar-refractivity contribution < 1.29 is 13.2 Å². The van der Waals surface area contributed by atoms with Gasteiger partial charge in [0.2, 0.25) is 0 Å². The molecule has 1 atom stereocenters. The number of nitrogens with zero attached hydrogens (tertiary/aromatic N) is 4. The Morgan fingerprint density at radius 1 is 1.16 bits per heavy atom. The van der Waals surface area contributed by atoms with Gasteiger partial charge in [-0.05, 0) is 68.7 Å². The van der Waals surface area contributed by atoms with E-state index in [9.17, 15) is 13.2 Å². The zero-order valence-corrected chi connectivity index (χ0v) is 22.1. The van der Waals surface area contributed by atoms with Gasteiger partial charge in [-0.15, -0.1) is 0 Å². The molecular weight excluding hydrogens is 488 g/mol. The number of hydrogen-bond donors (Lipinski definition) is 2. The lowest BCUT2D eigenvalue weighted by atomic mass is 9.90. The Kier molecular flexibility index (Phi) is 5.94. The number of rotatable bonds is 5. The Bertz CT molecular complexity index is 1630. The molecule has 0 saturated carbocycles. The number of nitrogens with two attached hydrogens (primary N) is 1. The summed E-state index contributed by atoms with van der Waals surface area (Å²) in [5.74, 6) is -0.145. The van der Waals surface area contributed by atoms with Crippen LogP contribution in [0.3, 0.4) is 0 Å². The Morgan fingerprint density at radius 2 is 1.95 bits per heavy atom. The van der Waals surface area contributed by atoms with E-state index in [1.54, 1.807) is 12.1 Å². The molecule has 4 heterocycles. The molecule has 3 N–H and O–H groups in total. The monoisotopic (exact) mass is 518 g/mol. The highest BCUT2D eigenvalue weighted by Crippen LogP contribution is 2.39. The molecule has 5 rings (SSSR count). The minimum atomic E-state index is -4.24. The first-order valence-corrected chi connectivity index (χ1v) is 13.6. The summed E-state index contributed by atoms with van der Waals surface area (Å²) in [6.07, 6.45) is 4.32. The summed E-state index contributed by atoms with van der Waals surface area (Å²) in [6, 6.07) is 14.3. The van der Waals surface area contributed by atoms with Crippen molar-refractivity contribution in [2.45, 2.75) is 37.6 Å². The molecule has 1 aliphatic heterocycles. The molecule has 1 aromatic carbocycles. The maximum absolute atomic E-state index is 13.4. The van der Waals surface area contributed by atoms with Gasteiger partial charge in [0.05, 0.1) is 11.3 Å². The third-order valence-corrected chi connectivity index (χ3v) is 8.94. The van der Waals surface area contributed by atoms with E-state index in [1.807, 2.05) is 31.4 Å². The number of fused-ring (bicyclic) bond motifs is 1. The van der Waals surface area contributed by atoms with Crippen LogP contribution in [0.4, 0.5) is 11.6 Å². The number of aromatic nitrogens is 3. The molecular formula is C27H30N6O3S. The standard InChI is InChI=1S/C27H30N6O3S/c1-17-11-15-33(27(17,2)3)25-20(26(34)31-37(35,36)23-6-5-13-29-24(23)28)8-9-21(30-25)18-7-10-22-19(16-18)12-14-32(22)4/h5-10,12-14,16-17H,11,15H2,1-4H3,(H2,28,29)(H,31,34). The van der Waals surface area contributed by atoms with Crippen LogP contribution in [0.5, 0.6) is 0 Å². The number of hydrogen-bond acceptors (Lipinski definition) is 7. The Morgan fingerprint density at radius 3 is 2.65 bits per heavy atom. The largest absolute Gasteiger partial charge is 0.383 e. The highest BCUT2D eigenvalue weighted by Gasteiger charge is 2.41. The molecule has 10 heteroatoms. The number of benzene rings is 1. The lowest BCUT2D eigenvalue weighted by Gasteiger charge is -2.36. The molecule has 0 spiro atoms. The molecule has 0 bridgehead atoms. The van der Waals surface area contributed by atoms with E-state index < -0.39 is 15.9 Å². The van der Waals surface area contributed by atoms with E-state index in [2.05, 4.69) is 46.0 Å². The van der Waals surface area contributed by atoms with Crippen molar-refractivity contribution in [2.75, 3.05) is 17.2 Å². The average Bonchev–Trinajstić information content (AvgIpc) is 3.36. The summed E-state index contributed by atoms with van der Waals surface area (Å²) >= 11 is 0. The van der Waals surface area contributed by atoms with E-state index in [4.69, 9.17) is 10.7 Å². The summed E-state index contributed by atoms with van der Waals surface area (Å²) in [6.45, 7) is 7.10. The third kappa shape index (κ3) is 4.31. The molecule has 1 amide bonds. The summed E-state index contributed by atoms with van der Waals surface area (Å²) in [5.41, 5.74) is 8.38. The topological polar surface area (TPSA) is 123 Å². The predicted octanol–water partition coefficient (Wildman–Crippen LogP) is 3.96. The third-order valence-electron chi connectivity index (χ3n) is 7.56. The first-order chi connectivity index (χ1) is 17.5. The van der Waals surface area contributed by atoms with Gasteiger partial charge in [0.1, 0.15) is 16.5 Å². The number of aryl methyl sites for hydroxylation is 1. The molecule has 9 nitrogen and oxygen atoms in total. The van der Waals surface area contributed by atoms with Crippen molar-refractivity contribution in [3.63, 3.8) is 0 Å². The molecule has 3 aromatic heterocycles. The summed E-state index contributed by atoms with van der Waals surface area (Å²) in [7, 11) is -2.24. The van der Waals surface area contributed by atoms with Crippen LogP contribution in [0.2, 0.25) is 0 Å². The van der Waals surface area contributed by atoms with Crippen LogP contribution >= 0.6 is 0 Å². The minimum Gasteiger partial charge on any atom is -0.383 e. The quantitative estimate of drug-likeness (QED) is 0.410. The zero-order valence-electron chi connectivity index (χ0n) is 21.3. The fourth-order valence-electron chi connectivity index (χ4n) is 4.90. The molecule has 1 unspecified atom stereocenters. The van der Waals surface area contributed by atoms with Crippen LogP contribution < -0.4 is 15.4 Å². The molecule has 1 saturated heterocycles. The van der Waals surface area contributed by atoms with Gasteiger partial charge >= 0.3 is 0 Å². The second-order valence-corrected chi connectivity index (χ2v) is 11.7. The number of nitrogens with one attached hydrogen (secondary N) is 1. The number of sulfonamides is 1. The van der Waals surface area contributed by atoms with Gasteiger partial charge < -0.3 is 15.2 Å². The first kappa shape index (κ1) is 24.8. The van der Waals surface area contributed by atoms with Crippen LogP contribution in [-0.2, 0) is 17.1 Å². The number of anilines is 2. The van der Waals surface area contributed by atoms with Gasteiger partial charge in [0, 0.05) is 48.0 Å². The van der Waals surface area contributed by atoms with Crippen LogP contribution in [0.1, 0.15) is 37.6 Å². The number of nitrogen functional groups attached to an aromatic ring is 1. The maximum Gasteiger partial charge on any atom is 0.268 e. The number of carbonyl (C=O) groups is 1. The second kappa shape index (κ2) is 8.88. The van der Waals surface area contributed by atoms with Gasteiger partial charge in [0.15, 0.2) is 0 Å². The van der Waals surface area contributed by atoms with Crippen LogP contribution in [-0.4, -0.2) is 40.9 Å². The smallest absolute Gasteiger partial charge is 0.268 e. The first-order valence-electron chi connectivity index (χ1n) is 12.1. The molecule has 192 valence electrons. The van der Waals surface area contributed by atoms with Crippen LogP contribution in [0, 0.1) is 5.92 Å². The normalized spacial score (nSPS) is 17.3. The molecule has 0 aliphatic carbocycles. The van der Waals surface area contributed by atoms with Crippen molar-refractivity contribution in [1.82, 2.24) is 19.3 Å². The fraction of sp³-hybridized carbons (Fsp3) is 0.296. The Labute approximate surface area is 216 Å². The van der Waals surface area contributed by atoms with Gasteiger partial charge in [-0.3, -0.25) is 4.79 Å². The van der Waals surface area contributed by atoms with Crippen molar-refractivity contribution in [3.8, 4) is 11.3 Å². The van der Waals surface area contributed by atoms with E-state index in [0.29, 0.717) is 24.0 Å². The van der Waals surface area contributed by atoms with Crippen molar-refractivity contribution in [3.05, 3.63) is 66.5 Å². The van der Waals surface area contributed by atoms with Gasteiger partial charge in [-0.25, -0.2) is 23.1 Å². The van der Waals surface area contributed by atoms with E-state index in [1.165, 1.54) is 18.3 Å². The van der Waals surface area contributed by atoms with Crippen molar-refractivity contribution >= 4 is 38.5 Å². The molecule has 37 heavy (non-hydrogen) atoms. The summed E-state index contributed by atoms with van der Waals surface area (Å²) < 4.78 is 30.2. The highest BCUT2D eigenvalue weighted by atomic mass is 32.2. The maximum atomic E-state index is 13.4. The van der Waals surface area contributed by atoms with Crippen molar-refractivity contribution in [2.24, 2.45) is 13.0 Å². The van der Waals surface area contributed by atoms with Gasteiger partial charge in [-0.2, -0.15) is 0 Å². The lowest BCUT2D eigenvalue weighted by Crippen LogP contribution is -2.43. The second-order valence-electron chi connectivity index (χ2n) is 10.1. The molecule has 1 fully saturated rings. The highest BCUT2D eigenvalue weighted by molar-refractivity contribution is 7.90.